The van der Waals surface area contributed by atoms with Gasteiger partial charge in [0.05, 0.1) is 12.7 Å². The molecule has 0 saturated carbocycles. The number of nitrogens with zero attached hydrogens (tertiary/aromatic N) is 2. The molecule has 1 aliphatic rings. The van der Waals surface area contributed by atoms with Gasteiger partial charge in [-0.15, -0.1) is 0 Å². The largest absolute Gasteiger partial charge is 0.374 e. The second-order valence-electron chi connectivity index (χ2n) is 5.75. The molecule has 0 aromatic carbocycles. The lowest BCUT2D eigenvalue weighted by Gasteiger charge is -2.33. The number of hydrogen-bond donors (Lipinski definition) is 0. The normalized spacial score (nSPS) is 21.1. The first kappa shape index (κ1) is 13.8. The molecule has 1 fully saturated rings. The van der Waals surface area contributed by atoms with Gasteiger partial charge in [-0.2, -0.15) is 0 Å². The summed E-state index contributed by atoms with van der Waals surface area (Å²) in [5, 5.41) is 0.879. The highest BCUT2D eigenvalue weighted by Gasteiger charge is 2.21. The van der Waals surface area contributed by atoms with Crippen molar-refractivity contribution in [1.82, 2.24) is 4.98 Å². The van der Waals surface area contributed by atoms with Crippen LogP contribution in [0.2, 0.25) is 0 Å². The molecule has 3 nitrogen and oxygen atoms in total. The van der Waals surface area contributed by atoms with Crippen LogP contribution in [0.25, 0.3) is 0 Å². The summed E-state index contributed by atoms with van der Waals surface area (Å²) >= 11 is 3.48. The van der Waals surface area contributed by atoms with Crippen molar-refractivity contribution in [2.24, 2.45) is 0 Å². The topological polar surface area (TPSA) is 25.4 Å². The van der Waals surface area contributed by atoms with E-state index < -0.39 is 0 Å². The Morgan fingerprint density at radius 3 is 2.78 bits per heavy atom. The number of hydrogen-bond acceptors (Lipinski definition) is 3. The lowest BCUT2D eigenvalue weighted by atomic mass is 9.88. The van der Waals surface area contributed by atoms with Crippen LogP contribution >= 0.6 is 15.9 Å². The van der Waals surface area contributed by atoms with Crippen LogP contribution in [-0.2, 0) is 10.2 Å². The van der Waals surface area contributed by atoms with Gasteiger partial charge >= 0.3 is 0 Å². The van der Waals surface area contributed by atoms with E-state index in [2.05, 4.69) is 58.7 Å². The minimum atomic E-state index is 0.162. The summed E-state index contributed by atoms with van der Waals surface area (Å²) in [7, 11) is 0. The Hall–Kier alpha value is -0.610. The molecule has 1 aliphatic heterocycles. The maximum atomic E-state index is 5.64. The van der Waals surface area contributed by atoms with Crippen LogP contribution in [0.1, 0.15) is 26.3 Å². The third-order valence-corrected chi connectivity index (χ3v) is 3.97. The van der Waals surface area contributed by atoms with E-state index in [-0.39, 0.29) is 11.5 Å². The van der Waals surface area contributed by atoms with E-state index in [9.17, 15) is 0 Å². The molecule has 1 atom stereocenters. The number of aromatic nitrogens is 1. The predicted molar refractivity (Wildman–Crippen MR) is 78.7 cm³/mol. The van der Waals surface area contributed by atoms with E-state index in [1.807, 2.05) is 6.20 Å². The number of alkyl halides is 1. The van der Waals surface area contributed by atoms with E-state index in [0.717, 1.165) is 30.8 Å². The Kier molecular flexibility index (Phi) is 4.28. The van der Waals surface area contributed by atoms with Crippen molar-refractivity contribution in [3.63, 3.8) is 0 Å². The Bertz CT molecular complexity index is 386. The molecule has 1 aromatic rings. The highest BCUT2D eigenvalue weighted by atomic mass is 79.9. The predicted octanol–water partition coefficient (Wildman–Crippen LogP) is 2.98. The first-order valence-electron chi connectivity index (χ1n) is 6.40. The second-order valence-corrected chi connectivity index (χ2v) is 6.40. The van der Waals surface area contributed by atoms with Crippen molar-refractivity contribution in [3.8, 4) is 0 Å². The van der Waals surface area contributed by atoms with Crippen molar-refractivity contribution in [1.29, 1.82) is 0 Å². The molecule has 2 rings (SSSR count). The molecule has 1 unspecified atom stereocenters. The van der Waals surface area contributed by atoms with Gasteiger partial charge in [-0.05, 0) is 17.0 Å². The fourth-order valence-electron chi connectivity index (χ4n) is 2.04. The zero-order valence-corrected chi connectivity index (χ0v) is 12.9. The van der Waals surface area contributed by atoms with Crippen molar-refractivity contribution >= 4 is 21.7 Å². The number of morpholine rings is 1. The highest BCUT2D eigenvalue weighted by Crippen LogP contribution is 2.23. The van der Waals surface area contributed by atoms with Gasteiger partial charge in [0, 0.05) is 24.6 Å². The van der Waals surface area contributed by atoms with Crippen molar-refractivity contribution in [2.75, 3.05) is 29.9 Å². The van der Waals surface area contributed by atoms with Crippen molar-refractivity contribution in [2.45, 2.75) is 32.3 Å². The van der Waals surface area contributed by atoms with Gasteiger partial charge in [0.25, 0.3) is 0 Å². The SMILES string of the molecule is CC(C)(C)c1ccc(N2CCOC(CBr)C2)nc1. The number of halogens is 1. The van der Waals surface area contributed by atoms with E-state index >= 15 is 0 Å². The average Bonchev–Trinajstić information content (AvgIpc) is 2.38. The van der Waals surface area contributed by atoms with Gasteiger partial charge in [0.15, 0.2) is 0 Å². The minimum absolute atomic E-state index is 0.162. The molecule has 0 spiro atoms. The number of pyridine rings is 1. The fourth-order valence-corrected chi connectivity index (χ4v) is 2.43. The average molecular weight is 313 g/mol. The summed E-state index contributed by atoms with van der Waals surface area (Å²) in [5.41, 5.74) is 1.44. The Labute approximate surface area is 118 Å². The van der Waals surface area contributed by atoms with Gasteiger partial charge in [-0.25, -0.2) is 4.98 Å². The van der Waals surface area contributed by atoms with E-state index in [1.54, 1.807) is 0 Å². The van der Waals surface area contributed by atoms with Crippen LogP contribution in [-0.4, -0.2) is 36.1 Å². The van der Waals surface area contributed by atoms with Gasteiger partial charge in [0.2, 0.25) is 0 Å². The third kappa shape index (κ3) is 3.23. The lowest BCUT2D eigenvalue weighted by molar-refractivity contribution is 0.0568. The molecule has 2 heterocycles. The van der Waals surface area contributed by atoms with E-state index in [1.165, 1.54) is 5.56 Å². The molecule has 0 aliphatic carbocycles. The molecular weight excluding hydrogens is 292 g/mol. The Balaban J connectivity index is 2.09. The van der Waals surface area contributed by atoms with Crippen LogP contribution < -0.4 is 4.90 Å². The summed E-state index contributed by atoms with van der Waals surface area (Å²) in [5.74, 6) is 1.05. The van der Waals surface area contributed by atoms with Crippen molar-refractivity contribution < 1.29 is 4.74 Å². The van der Waals surface area contributed by atoms with E-state index in [0.29, 0.717) is 0 Å². The molecule has 100 valence electrons. The summed E-state index contributed by atoms with van der Waals surface area (Å²) in [6, 6.07) is 4.30. The maximum Gasteiger partial charge on any atom is 0.128 e. The fraction of sp³-hybridized carbons (Fsp3) is 0.643. The van der Waals surface area contributed by atoms with Gasteiger partial charge in [0.1, 0.15) is 5.82 Å². The summed E-state index contributed by atoms with van der Waals surface area (Å²) in [4.78, 5) is 6.89. The quantitative estimate of drug-likeness (QED) is 0.785. The molecule has 4 heteroatoms. The van der Waals surface area contributed by atoms with Gasteiger partial charge in [-0.1, -0.05) is 42.8 Å². The zero-order chi connectivity index (χ0) is 13.2. The van der Waals surface area contributed by atoms with E-state index in [4.69, 9.17) is 4.74 Å². The molecule has 0 amide bonds. The summed E-state index contributed by atoms with van der Waals surface area (Å²) < 4.78 is 5.64. The zero-order valence-electron chi connectivity index (χ0n) is 11.3. The third-order valence-electron chi connectivity index (χ3n) is 3.25. The number of ether oxygens (including phenoxy) is 1. The molecule has 0 radical (unpaired) electrons. The minimum Gasteiger partial charge on any atom is -0.374 e. The Morgan fingerprint density at radius 1 is 1.44 bits per heavy atom. The first-order chi connectivity index (χ1) is 8.50. The second kappa shape index (κ2) is 5.57. The molecule has 0 N–H and O–H groups in total. The monoisotopic (exact) mass is 312 g/mol. The highest BCUT2D eigenvalue weighted by molar-refractivity contribution is 9.09. The molecule has 18 heavy (non-hydrogen) atoms. The molecule has 0 bridgehead atoms. The van der Waals surface area contributed by atoms with Crippen LogP contribution in [0, 0.1) is 0 Å². The Morgan fingerprint density at radius 2 is 2.22 bits per heavy atom. The first-order valence-corrected chi connectivity index (χ1v) is 7.52. The maximum absolute atomic E-state index is 5.64. The molecule has 1 saturated heterocycles. The molecular formula is C14H21BrN2O. The van der Waals surface area contributed by atoms with Crippen molar-refractivity contribution in [3.05, 3.63) is 23.9 Å². The van der Waals surface area contributed by atoms with Gasteiger partial charge in [-0.3, -0.25) is 0 Å². The van der Waals surface area contributed by atoms with Crippen LogP contribution in [0.15, 0.2) is 18.3 Å². The lowest BCUT2D eigenvalue weighted by Crippen LogP contribution is -2.43. The standard InChI is InChI=1S/C14H21BrN2O/c1-14(2,3)11-4-5-13(16-9-11)17-6-7-18-12(8-15)10-17/h4-5,9,12H,6-8,10H2,1-3H3. The van der Waals surface area contributed by atoms with Crippen LogP contribution in [0.4, 0.5) is 5.82 Å². The van der Waals surface area contributed by atoms with Crippen LogP contribution in [0.3, 0.4) is 0 Å². The van der Waals surface area contributed by atoms with Gasteiger partial charge < -0.3 is 9.64 Å². The van der Waals surface area contributed by atoms with Crippen LogP contribution in [0.5, 0.6) is 0 Å². The summed E-state index contributed by atoms with van der Waals surface area (Å²) in [6.45, 7) is 9.23. The molecule has 1 aromatic heterocycles. The summed E-state index contributed by atoms with van der Waals surface area (Å²) in [6.07, 6.45) is 2.26. The number of rotatable bonds is 2. The smallest absolute Gasteiger partial charge is 0.128 e. The number of anilines is 1.